The average Bonchev–Trinajstić information content (AvgIpc) is 3.29. The van der Waals surface area contributed by atoms with Crippen LogP contribution in [0.1, 0.15) is 11.1 Å². The standard InChI is InChI=1S/C30H40O10.C6H3N3O7.C6H6.K/c1(25-3-5-27-29(23-25)39-21-17-35-13-9-31-7-11-33-15-19-37-27)2-26-4-6-28-30(24-26)40-22-18-36-14-10-32-8-12-34-16-20-38-28;10-6-4(8(13)14)1-3(7(11)12)2-5(6)9(15)16;1-2-4-6-5-3-1;/h1-6,23-24H,7-22H2;1-2,10H;1-6H;/q;;;+1/p-1/b2-1+;;;. The van der Waals surface area contributed by atoms with Crippen LogP contribution in [0.25, 0.3) is 12.2 Å². The monoisotopic (exact) mass is 905 g/mol. The Morgan fingerprint density at radius 3 is 0.968 bits per heavy atom. The molecular formula is C42H48KN3O17. The smallest absolute Gasteiger partial charge is 0.863 e. The van der Waals surface area contributed by atoms with Crippen LogP contribution < -0.4 is 75.4 Å². The molecule has 0 bridgehead atoms. The Morgan fingerprint density at radius 2 is 0.683 bits per heavy atom. The summed E-state index contributed by atoms with van der Waals surface area (Å²) >= 11 is 0. The van der Waals surface area contributed by atoms with E-state index in [2.05, 4.69) is 0 Å². The molecule has 0 unspecified atom stereocenters. The minimum Gasteiger partial charge on any atom is -0.863 e. The van der Waals surface area contributed by atoms with Crippen molar-refractivity contribution in [3.05, 3.63) is 126 Å². The van der Waals surface area contributed by atoms with E-state index in [9.17, 15) is 35.4 Å². The van der Waals surface area contributed by atoms with Crippen molar-refractivity contribution < 1.29 is 119 Å². The van der Waals surface area contributed by atoms with Crippen LogP contribution in [-0.2, 0) is 28.4 Å². The maximum Gasteiger partial charge on any atom is 1.00 e. The van der Waals surface area contributed by atoms with Gasteiger partial charge >= 0.3 is 51.4 Å². The van der Waals surface area contributed by atoms with Crippen LogP contribution >= 0.6 is 0 Å². The van der Waals surface area contributed by atoms with Crippen molar-refractivity contribution in [2.75, 3.05) is 106 Å². The summed E-state index contributed by atoms with van der Waals surface area (Å²) < 4.78 is 57.0. The van der Waals surface area contributed by atoms with Crippen LogP contribution in [-0.4, -0.2) is 120 Å². The van der Waals surface area contributed by atoms with Crippen molar-refractivity contribution in [1.29, 1.82) is 0 Å². The first-order valence-electron chi connectivity index (χ1n) is 19.4. The fourth-order valence-corrected chi connectivity index (χ4v) is 5.18. The summed E-state index contributed by atoms with van der Waals surface area (Å²) in [6, 6.07) is 24.5. The van der Waals surface area contributed by atoms with Gasteiger partial charge in [0.25, 0.3) is 17.1 Å². The number of hydrogen-bond donors (Lipinski definition) is 0. The minimum atomic E-state index is -1.46. The summed E-state index contributed by atoms with van der Waals surface area (Å²) in [6.07, 6.45) is 4.03. The molecule has 4 aromatic carbocycles. The van der Waals surface area contributed by atoms with Gasteiger partial charge in [0.1, 0.15) is 26.4 Å². The van der Waals surface area contributed by atoms with Crippen LogP contribution in [0, 0.1) is 30.3 Å². The molecule has 0 saturated carbocycles. The Balaban J connectivity index is 0.000000376. The first-order valence-corrected chi connectivity index (χ1v) is 19.4. The number of hydrogen-bond acceptors (Lipinski definition) is 17. The zero-order valence-corrected chi connectivity index (χ0v) is 38.0. The summed E-state index contributed by atoms with van der Waals surface area (Å²) in [6.45, 7) is 7.72. The maximum absolute atomic E-state index is 11.1. The Hall–Kier alpha value is -4.78. The molecule has 2 aliphatic heterocycles. The predicted octanol–water partition coefficient (Wildman–Crippen LogP) is 2.67. The summed E-state index contributed by atoms with van der Waals surface area (Å²) in [5.74, 6) is 1.18. The molecular weight excluding hydrogens is 858 g/mol. The van der Waals surface area contributed by atoms with E-state index < -0.39 is 37.6 Å². The van der Waals surface area contributed by atoms with E-state index in [4.69, 9.17) is 47.4 Å². The maximum atomic E-state index is 11.1. The molecule has 0 amide bonds. The zero-order chi connectivity index (χ0) is 44.2. The van der Waals surface area contributed by atoms with E-state index >= 15 is 0 Å². The van der Waals surface area contributed by atoms with Crippen molar-refractivity contribution in [2.45, 2.75) is 0 Å². The molecule has 0 aliphatic carbocycles. The van der Waals surface area contributed by atoms with Crippen molar-refractivity contribution in [1.82, 2.24) is 0 Å². The Morgan fingerprint density at radius 1 is 0.397 bits per heavy atom. The summed E-state index contributed by atoms with van der Waals surface area (Å²) in [5.41, 5.74) is -1.33. The van der Waals surface area contributed by atoms with Crippen LogP contribution in [0.5, 0.6) is 28.7 Å². The molecule has 2 aliphatic rings. The molecule has 0 saturated heterocycles. The van der Waals surface area contributed by atoms with Gasteiger partial charge in [-0.3, -0.25) is 30.3 Å². The van der Waals surface area contributed by atoms with Gasteiger partial charge in [-0.25, -0.2) is 0 Å². The van der Waals surface area contributed by atoms with Gasteiger partial charge in [0, 0.05) is 0 Å². The second-order valence-corrected chi connectivity index (χ2v) is 12.6. The summed E-state index contributed by atoms with van der Waals surface area (Å²) in [5, 5.41) is 42.1. The number of nitrogens with zero attached hydrogens (tertiary/aromatic N) is 3. The van der Waals surface area contributed by atoms with Crippen LogP contribution in [0.4, 0.5) is 17.1 Å². The molecule has 334 valence electrons. The first kappa shape index (κ1) is 52.6. The molecule has 0 N–H and O–H groups in total. The third-order valence-corrected chi connectivity index (χ3v) is 8.14. The van der Waals surface area contributed by atoms with Gasteiger partial charge in [0.05, 0.1) is 112 Å². The second-order valence-electron chi connectivity index (χ2n) is 12.6. The number of non-ortho nitro benzene ring substituents is 1. The van der Waals surface area contributed by atoms with Gasteiger partial charge in [-0.1, -0.05) is 60.7 Å². The van der Waals surface area contributed by atoms with Gasteiger partial charge in [-0.05, 0) is 35.4 Å². The number of nitro groups is 3. The SMILES string of the molecule is C(=C\c1ccc2c(c1)OCCOCCOCCOCCO2)/c1ccc2c(c1)OCCOCCOCCOCCO2.O=[N+]([O-])c1cc([N+](=O)[O-])c([O-])c([N+](=O)[O-])c1.[K+].c1ccccc1. The average molecular weight is 906 g/mol. The normalized spacial score (nSPS) is 15.6. The first-order chi connectivity index (χ1) is 30.2. The Labute approximate surface area is 405 Å². The minimum absolute atomic E-state index is 0. The number of ether oxygens (including phenoxy) is 10. The third kappa shape index (κ3) is 20.5. The Kier molecular flexibility index (Phi) is 26.0. The molecule has 21 heteroatoms. The van der Waals surface area contributed by atoms with Crippen molar-refractivity contribution in [3.63, 3.8) is 0 Å². The predicted molar refractivity (Wildman–Crippen MR) is 221 cm³/mol. The van der Waals surface area contributed by atoms with Gasteiger partial charge < -0.3 is 52.5 Å². The number of nitro benzene ring substituents is 3. The summed E-state index contributed by atoms with van der Waals surface area (Å²) in [7, 11) is 0. The number of rotatable bonds is 5. The second kappa shape index (κ2) is 31.1. The molecule has 0 fully saturated rings. The fraction of sp³-hybridized carbons (Fsp3) is 0.381. The van der Waals surface area contributed by atoms with Gasteiger partial charge in [-0.2, -0.15) is 0 Å². The molecule has 0 spiro atoms. The third-order valence-electron chi connectivity index (χ3n) is 8.14. The van der Waals surface area contributed by atoms with Crippen molar-refractivity contribution >= 4 is 29.2 Å². The van der Waals surface area contributed by atoms with Gasteiger partial charge in [-0.15, -0.1) is 0 Å². The quantitative estimate of drug-likeness (QED) is 0.121. The fourth-order valence-electron chi connectivity index (χ4n) is 5.18. The molecule has 20 nitrogen and oxygen atoms in total. The topological polar surface area (TPSA) is 245 Å². The zero-order valence-electron chi connectivity index (χ0n) is 34.8. The largest absolute Gasteiger partial charge is 1.00 e. The van der Waals surface area contributed by atoms with Crippen molar-refractivity contribution in [3.8, 4) is 28.7 Å². The van der Waals surface area contributed by atoms with E-state index in [1.54, 1.807) is 0 Å². The molecule has 63 heavy (non-hydrogen) atoms. The van der Waals surface area contributed by atoms with Gasteiger partial charge in [0.15, 0.2) is 23.0 Å². The molecule has 6 rings (SSSR count). The van der Waals surface area contributed by atoms with Gasteiger partial charge in [0.2, 0.25) is 0 Å². The van der Waals surface area contributed by atoms with E-state index in [0.717, 1.165) is 11.1 Å². The van der Waals surface area contributed by atoms with E-state index in [1.807, 2.05) is 84.9 Å². The molecule has 4 aromatic rings. The number of benzene rings is 4. The molecule has 0 aromatic heterocycles. The van der Waals surface area contributed by atoms with Crippen LogP contribution in [0.15, 0.2) is 84.9 Å². The van der Waals surface area contributed by atoms with Crippen LogP contribution in [0.3, 0.4) is 0 Å². The van der Waals surface area contributed by atoms with E-state index in [-0.39, 0.29) is 51.4 Å². The molecule has 0 radical (unpaired) electrons. The number of fused-ring (bicyclic) bond motifs is 2. The molecule has 2 heterocycles. The van der Waals surface area contributed by atoms with Crippen molar-refractivity contribution in [2.24, 2.45) is 0 Å². The van der Waals surface area contributed by atoms with Crippen LogP contribution in [0.2, 0.25) is 0 Å². The summed E-state index contributed by atoms with van der Waals surface area (Å²) in [4.78, 5) is 27.5. The van der Waals surface area contributed by atoms with E-state index in [1.165, 1.54) is 0 Å². The van der Waals surface area contributed by atoms with E-state index in [0.29, 0.717) is 141 Å². The molecule has 0 atom stereocenters. The Bertz CT molecular complexity index is 1870.